The molecule has 1 atom stereocenters. The van der Waals surface area contributed by atoms with Crippen molar-refractivity contribution in [2.75, 3.05) is 5.32 Å². The molecule has 5 nitrogen and oxygen atoms in total. The number of rotatable bonds is 4. The van der Waals surface area contributed by atoms with Crippen LogP contribution in [0.2, 0.25) is 0 Å². The van der Waals surface area contributed by atoms with Gasteiger partial charge in [-0.2, -0.15) is 5.26 Å². The molecule has 1 amide bonds. The summed E-state index contributed by atoms with van der Waals surface area (Å²) in [5.74, 6) is 0.619. The predicted octanol–water partition coefficient (Wildman–Crippen LogP) is 4.93. The summed E-state index contributed by atoms with van der Waals surface area (Å²) in [6.07, 6.45) is 4.61. The first kappa shape index (κ1) is 18.4. The maximum absolute atomic E-state index is 12.7. The normalized spacial score (nSPS) is 14.6. The Bertz CT molecular complexity index is 1060. The van der Waals surface area contributed by atoms with Crippen molar-refractivity contribution in [3.05, 3.63) is 33.3 Å². The van der Waals surface area contributed by atoms with Crippen LogP contribution in [0.5, 0.6) is 0 Å². The Labute approximate surface area is 169 Å². The fourth-order valence-electron chi connectivity index (χ4n) is 3.24. The summed E-state index contributed by atoms with van der Waals surface area (Å²) in [6.45, 7) is 3.78. The fourth-order valence-corrected chi connectivity index (χ4v) is 6.37. The van der Waals surface area contributed by atoms with E-state index in [1.807, 2.05) is 13.8 Å². The summed E-state index contributed by atoms with van der Waals surface area (Å²) in [6, 6.07) is 3.82. The van der Waals surface area contributed by atoms with Gasteiger partial charge < -0.3 is 5.32 Å². The van der Waals surface area contributed by atoms with Crippen LogP contribution in [-0.2, 0) is 17.6 Å². The smallest absolute Gasteiger partial charge is 0.238 e. The number of aromatic nitrogens is 2. The molecule has 0 bridgehead atoms. The minimum Gasteiger partial charge on any atom is -0.316 e. The highest BCUT2D eigenvalue weighted by molar-refractivity contribution is 8.00. The third kappa shape index (κ3) is 3.59. The molecule has 138 valence electrons. The second-order valence-electron chi connectivity index (χ2n) is 6.49. The van der Waals surface area contributed by atoms with Gasteiger partial charge in [-0.25, -0.2) is 9.97 Å². The second-order valence-corrected chi connectivity index (χ2v) is 9.82. The van der Waals surface area contributed by atoms with E-state index in [2.05, 4.69) is 21.4 Å². The molecule has 0 aromatic carbocycles. The number of amides is 1. The zero-order valence-corrected chi connectivity index (χ0v) is 17.5. The molecular weight excluding hydrogens is 396 g/mol. The number of carbonyl (C=O) groups excluding carboxylic acids is 1. The molecule has 27 heavy (non-hydrogen) atoms. The number of anilines is 1. The van der Waals surface area contributed by atoms with E-state index in [0.717, 1.165) is 33.9 Å². The van der Waals surface area contributed by atoms with Crippen molar-refractivity contribution < 1.29 is 4.79 Å². The standard InChI is InChI=1S/C19H18N4OS3/c1-10(16(24)23-17-12(9-20)7-8-25-17)26-18-15-13-5-3-4-6-14(13)27-19(15)22-11(2)21-18/h7-8,10H,3-6H2,1-2H3,(H,23,24)/t10-/m0/s1. The summed E-state index contributed by atoms with van der Waals surface area (Å²) >= 11 is 4.61. The Morgan fingerprint density at radius 2 is 2.19 bits per heavy atom. The van der Waals surface area contributed by atoms with Gasteiger partial charge in [-0.1, -0.05) is 11.8 Å². The van der Waals surface area contributed by atoms with Crippen molar-refractivity contribution in [3.63, 3.8) is 0 Å². The van der Waals surface area contributed by atoms with Crippen LogP contribution in [0.15, 0.2) is 16.5 Å². The van der Waals surface area contributed by atoms with Crippen molar-refractivity contribution in [1.82, 2.24) is 9.97 Å². The number of thioether (sulfide) groups is 1. The Kier molecular flexibility index (Phi) is 5.17. The molecule has 0 radical (unpaired) electrons. The van der Waals surface area contributed by atoms with E-state index in [-0.39, 0.29) is 11.2 Å². The summed E-state index contributed by atoms with van der Waals surface area (Å²) in [4.78, 5) is 24.4. The topological polar surface area (TPSA) is 78.7 Å². The van der Waals surface area contributed by atoms with E-state index in [1.165, 1.54) is 46.4 Å². The minimum absolute atomic E-state index is 0.118. The zero-order valence-electron chi connectivity index (χ0n) is 15.0. The molecular formula is C19H18N4OS3. The number of fused-ring (bicyclic) bond motifs is 3. The van der Waals surface area contributed by atoms with Gasteiger partial charge >= 0.3 is 0 Å². The molecule has 1 aliphatic rings. The van der Waals surface area contributed by atoms with Gasteiger partial charge in [0, 0.05) is 10.3 Å². The Morgan fingerprint density at radius 1 is 1.37 bits per heavy atom. The van der Waals surface area contributed by atoms with Gasteiger partial charge in [-0.3, -0.25) is 4.79 Å². The number of carbonyl (C=O) groups is 1. The van der Waals surface area contributed by atoms with Crippen LogP contribution >= 0.6 is 34.4 Å². The lowest BCUT2D eigenvalue weighted by molar-refractivity contribution is -0.115. The second kappa shape index (κ2) is 7.58. The van der Waals surface area contributed by atoms with E-state index in [9.17, 15) is 4.79 Å². The lowest BCUT2D eigenvalue weighted by Crippen LogP contribution is -2.22. The van der Waals surface area contributed by atoms with Gasteiger partial charge in [0.2, 0.25) is 5.91 Å². The van der Waals surface area contributed by atoms with Crippen molar-refractivity contribution in [2.24, 2.45) is 0 Å². The number of nitrogens with one attached hydrogen (secondary N) is 1. The fraction of sp³-hybridized carbons (Fsp3) is 0.368. The van der Waals surface area contributed by atoms with Gasteiger partial charge in [0.05, 0.1) is 10.8 Å². The van der Waals surface area contributed by atoms with Crippen molar-refractivity contribution in [3.8, 4) is 6.07 Å². The zero-order chi connectivity index (χ0) is 19.0. The first-order valence-corrected chi connectivity index (χ1v) is 11.4. The Morgan fingerprint density at radius 3 is 3.00 bits per heavy atom. The SMILES string of the molecule is Cc1nc(S[C@@H](C)C(=O)Nc2sccc2C#N)c2c3c(sc2n1)CCCC3. The monoisotopic (exact) mass is 414 g/mol. The van der Waals surface area contributed by atoms with Gasteiger partial charge in [0.1, 0.15) is 26.8 Å². The van der Waals surface area contributed by atoms with Crippen LogP contribution in [-0.4, -0.2) is 21.1 Å². The third-order valence-corrected chi connectivity index (χ3v) is 7.68. The number of aryl methyl sites for hydroxylation is 3. The molecule has 3 aromatic heterocycles. The highest BCUT2D eigenvalue weighted by atomic mass is 32.2. The maximum atomic E-state index is 12.7. The average molecular weight is 415 g/mol. The van der Waals surface area contributed by atoms with E-state index >= 15 is 0 Å². The number of thiophene rings is 2. The minimum atomic E-state index is -0.324. The Balaban J connectivity index is 1.62. The molecule has 0 saturated heterocycles. The van der Waals surface area contributed by atoms with E-state index in [0.29, 0.717) is 10.6 Å². The van der Waals surface area contributed by atoms with E-state index in [1.54, 1.807) is 22.8 Å². The van der Waals surface area contributed by atoms with Gasteiger partial charge in [-0.15, -0.1) is 22.7 Å². The first-order chi connectivity index (χ1) is 13.1. The Hall–Kier alpha value is -1.95. The largest absolute Gasteiger partial charge is 0.316 e. The molecule has 0 aliphatic heterocycles. The molecule has 0 spiro atoms. The van der Waals surface area contributed by atoms with Crippen LogP contribution in [0, 0.1) is 18.3 Å². The van der Waals surface area contributed by atoms with Gasteiger partial charge in [-0.05, 0) is 56.5 Å². The van der Waals surface area contributed by atoms with Crippen molar-refractivity contribution in [2.45, 2.75) is 49.8 Å². The van der Waals surface area contributed by atoms with Crippen LogP contribution in [0.1, 0.15) is 41.6 Å². The van der Waals surface area contributed by atoms with Crippen LogP contribution < -0.4 is 5.32 Å². The number of hydrogen-bond acceptors (Lipinski definition) is 7. The number of nitriles is 1. The predicted molar refractivity (Wildman–Crippen MR) is 112 cm³/mol. The number of hydrogen-bond donors (Lipinski definition) is 1. The van der Waals surface area contributed by atoms with Crippen LogP contribution in [0.4, 0.5) is 5.00 Å². The molecule has 0 saturated carbocycles. The first-order valence-electron chi connectivity index (χ1n) is 8.81. The quantitative estimate of drug-likeness (QED) is 0.484. The van der Waals surface area contributed by atoms with Gasteiger partial charge in [0.15, 0.2) is 0 Å². The molecule has 3 aromatic rings. The maximum Gasteiger partial charge on any atom is 0.238 e. The molecule has 1 aliphatic carbocycles. The molecule has 4 rings (SSSR count). The summed E-state index contributed by atoms with van der Waals surface area (Å²) in [5, 5.41) is 16.1. The van der Waals surface area contributed by atoms with Crippen molar-refractivity contribution >= 4 is 55.6 Å². The molecule has 3 heterocycles. The highest BCUT2D eigenvalue weighted by Gasteiger charge is 2.24. The van der Waals surface area contributed by atoms with Gasteiger partial charge in [0.25, 0.3) is 0 Å². The molecule has 0 unspecified atom stereocenters. The summed E-state index contributed by atoms with van der Waals surface area (Å²) in [5.41, 5.74) is 1.87. The highest BCUT2D eigenvalue weighted by Crippen LogP contribution is 2.40. The van der Waals surface area contributed by atoms with Crippen molar-refractivity contribution in [1.29, 1.82) is 5.26 Å². The summed E-state index contributed by atoms with van der Waals surface area (Å²) in [7, 11) is 0. The summed E-state index contributed by atoms with van der Waals surface area (Å²) < 4.78 is 0. The third-order valence-electron chi connectivity index (χ3n) is 4.57. The lowest BCUT2D eigenvalue weighted by atomic mass is 9.97. The van der Waals surface area contributed by atoms with E-state index in [4.69, 9.17) is 5.26 Å². The number of nitrogens with zero attached hydrogens (tertiary/aromatic N) is 3. The average Bonchev–Trinajstić information content (AvgIpc) is 3.24. The van der Waals surface area contributed by atoms with Crippen LogP contribution in [0.3, 0.4) is 0 Å². The van der Waals surface area contributed by atoms with Crippen LogP contribution in [0.25, 0.3) is 10.2 Å². The molecule has 0 fully saturated rings. The molecule has 8 heteroatoms. The van der Waals surface area contributed by atoms with E-state index < -0.39 is 0 Å². The lowest BCUT2D eigenvalue weighted by Gasteiger charge is -2.14. The molecule has 1 N–H and O–H groups in total.